The fraction of sp³-hybridized carbons (Fsp3) is 0.375. The Hall–Kier alpha value is -3.75. The minimum absolute atomic E-state index is 0.123. The Morgan fingerprint density at radius 2 is 1.85 bits per heavy atom. The number of nitrogens with one attached hydrogen (secondary N) is 1. The van der Waals surface area contributed by atoms with Gasteiger partial charge >= 0.3 is 5.97 Å². The van der Waals surface area contributed by atoms with Crippen molar-refractivity contribution in [2.24, 2.45) is 0 Å². The van der Waals surface area contributed by atoms with Crippen LogP contribution in [0.15, 0.2) is 48.5 Å². The van der Waals surface area contributed by atoms with Crippen molar-refractivity contribution in [3.63, 3.8) is 0 Å². The number of esters is 1. The third-order valence-corrected chi connectivity index (χ3v) is 5.31. The summed E-state index contributed by atoms with van der Waals surface area (Å²) in [5, 5.41) is 14.2. The first-order valence-electron chi connectivity index (χ1n) is 10.8. The smallest absolute Gasteiger partial charge is 0.308 e. The Labute approximate surface area is 191 Å². The van der Waals surface area contributed by atoms with Crippen LogP contribution in [0, 0.1) is 10.1 Å². The molecule has 1 N–H and O–H groups in total. The van der Waals surface area contributed by atoms with Crippen molar-refractivity contribution in [1.82, 2.24) is 10.2 Å². The van der Waals surface area contributed by atoms with E-state index in [1.165, 1.54) is 18.2 Å². The highest BCUT2D eigenvalue weighted by Gasteiger charge is 2.27. The first-order valence-corrected chi connectivity index (χ1v) is 10.8. The van der Waals surface area contributed by atoms with Crippen LogP contribution in [0.25, 0.3) is 0 Å². The number of rotatable bonds is 9. The molecule has 9 nitrogen and oxygen atoms in total. The van der Waals surface area contributed by atoms with Crippen LogP contribution in [-0.2, 0) is 20.9 Å². The van der Waals surface area contributed by atoms with E-state index in [9.17, 15) is 24.5 Å². The van der Waals surface area contributed by atoms with Gasteiger partial charge in [-0.25, -0.2) is 0 Å². The van der Waals surface area contributed by atoms with Gasteiger partial charge in [-0.15, -0.1) is 0 Å². The topological polar surface area (TPSA) is 119 Å². The van der Waals surface area contributed by atoms with E-state index in [2.05, 4.69) is 5.32 Å². The predicted octanol–water partition coefficient (Wildman–Crippen LogP) is 3.53. The molecule has 1 heterocycles. The number of para-hydroxylation sites is 1. The fourth-order valence-corrected chi connectivity index (χ4v) is 3.76. The van der Waals surface area contributed by atoms with Gasteiger partial charge in [0.25, 0.3) is 11.6 Å². The number of likely N-dealkylation sites (tertiary alicyclic amines) is 1. The van der Waals surface area contributed by atoms with Crippen molar-refractivity contribution in [1.29, 1.82) is 0 Å². The third kappa shape index (κ3) is 6.38. The molecule has 0 radical (unpaired) electrons. The van der Waals surface area contributed by atoms with Gasteiger partial charge in [-0.2, -0.15) is 0 Å². The number of ether oxygens (including phenoxy) is 1. The minimum Gasteiger partial charge on any atom is -0.463 e. The number of benzene rings is 2. The molecule has 0 aromatic heterocycles. The number of nitrogens with zero attached hydrogens (tertiary/aromatic N) is 2. The van der Waals surface area contributed by atoms with Gasteiger partial charge in [0.15, 0.2) is 0 Å². The number of carbonyl (C=O) groups excluding carboxylic acids is 3. The summed E-state index contributed by atoms with van der Waals surface area (Å²) in [4.78, 5) is 49.8. The highest BCUT2D eigenvalue weighted by Crippen LogP contribution is 2.28. The predicted molar refractivity (Wildman–Crippen MR) is 120 cm³/mol. The van der Waals surface area contributed by atoms with Crippen molar-refractivity contribution in [2.75, 3.05) is 6.54 Å². The van der Waals surface area contributed by atoms with Crippen molar-refractivity contribution in [3.05, 3.63) is 75.3 Å². The second kappa shape index (κ2) is 10.7. The first-order chi connectivity index (χ1) is 15.7. The lowest BCUT2D eigenvalue weighted by atomic mass is 10.0. The number of nitro benzene ring substituents is 1. The zero-order valence-corrected chi connectivity index (χ0v) is 18.7. The molecule has 1 saturated heterocycles. The lowest BCUT2D eigenvalue weighted by molar-refractivity contribution is -0.385. The van der Waals surface area contributed by atoms with Gasteiger partial charge in [0.1, 0.15) is 0 Å². The molecule has 0 bridgehead atoms. The standard InChI is InChI=1S/C24H27N3O6/c1-16(2)33-23(29)14-20(19-6-3-4-7-21(19)27(31)32)25-24(30)18-11-9-17(10-12-18)15-26-13-5-8-22(26)28/h3-4,6-7,9-12,16,20H,5,8,13-15H2,1-2H3,(H,25,30). The molecule has 33 heavy (non-hydrogen) atoms. The molecule has 174 valence electrons. The molecule has 0 spiro atoms. The Morgan fingerprint density at radius 1 is 1.15 bits per heavy atom. The monoisotopic (exact) mass is 453 g/mol. The Morgan fingerprint density at radius 3 is 2.45 bits per heavy atom. The number of carbonyl (C=O) groups is 3. The van der Waals surface area contributed by atoms with Crippen LogP contribution in [0.5, 0.6) is 0 Å². The summed E-state index contributed by atoms with van der Waals surface area (Å²) >= 11 is 0. The Bertz CT molecular complexity index is 1030. The van der Waals surface area contributed by atoms with Crippen LogP contribution >= 0.6 is 0 Å². The van der Waals surface area contributed by atoms with Crippen molar-refractivity contribution >= 4 is 23.5 Å². The Balaban J connectivity index is 1.77. The van der Waals surface area contributed by atoms with Gasteiger partial charge in [-0.1, -0.05) is 30.3 Å². The quantitative estimate of drug-likeness (QED) is 0.352. The maximum atomic E-state index is 12.9. The van der Waals surface area contributed by atoms with Gasteiger partial charge < -0.3 is 15.0 Å². The summed E-state index contributed by atoms with van der Waals surface area (Å²) in [5.74, 6) is -0.921. The normalized spacial score (nSPS) is 14.3. The van der Waals surface area contributed by atoms with E-state index in [0.29, 0.717) is 18.5 Å². The first kappa shape index (κ1) is 23.9. The van der Waals surface area contributed by atoms with E-state index in [1.54, 1.807) is 49.1 Å². The molecular weight excluding hydrogens is 426 g/mol. The maximum Gasteiger partial charge on any atom is 0.308 e. The highest BCUT2D eigenvalue weighted by molar-refractivity contribution is 5.94. The molecule has 0 aliphatic carbocycles. The summed E-state index contributed by atoms with van der Waals surface area (Å²) in [7, 11) is 0. The van der Waals surface area contributed by atoms with Gasteiger partial charge in [0.2, 0.25) is 5.91 Å². The molecule has 1 fully saturated rings. The highest BCUT2D eigenvalue weighted by atomic mass is 16.6. The Kier molecular flexibility index (Phi) is 7.76. The van der Waals surface area contributed by atoms with E-state index in [-0.39, 0.29) is 29.7 Å². The molecule has 2 aromatic carbocycles. The fourth-order valence-electron chi connectivity index (χ4n) is 3.76. The largest absolute Gasteiger partial charge is 0.463 e. The summed E-state index contributed by atoms with van der Waals surface area (Å²) in [5.41, 5.74) is 1.27. The second-order valence-electron chi connectivity index (χ2n) is 8.20. The lowest BCUT2D eigenvalue weighted by Crippen LogP contribution is -2.31. The molecule has 1 aliphatic heterocycles. The van der Waals surface area contributed by atoms with Crippen molar-refractivity contribution < 1.29 is 24.0 Å². The summed E-state index contributed by atoms with van der Waals surface area (Å²) in [6.07, 6.45) is 0.817. The van der Waals surface area contributed by atoms with E-state index in [1.807, 2.05) is 0 Å². The van der Waals surface area contributed by atoms with Crippen LogP contribution < -0.4 is 5.32 Å². The molecular formula is C24H27N3O6. The molecule has 1 unspecified atom stereocenters. The zero-order chi connectivity index (χ0) is 24.0. The summed E-state index contributed by atoms with van der Waals surface area (Å²) < 4.78 is 5.19. The molecule has 1 atom stereocenters. The zero-order valence-electron chi connectivity index (χ0n) is 18.7. The molecule has 1 aliphatic rings. The number of nitro groups is 1. The van der Waals surface area contributed by atoms with E-state index >= 15 is 0 Å². The van der Waals surface area contributed by atoms with Gasteiger partial charge in [0, 0.05) is 31.1 Å². The summed E-state index contributed by atoms with van der Waals surface area (Å²) in [6.45, 7) is 4.62. The van der Waals surface area contributed by atoms with Crippen LogP contribution in [0.2, 0.25) is 0 Å². The SMILES string of the molecule is CC(C)OC(=O)CC(NC(=O)c1ccc(CN2CCCC2=O)cc1)c1ccccc1[N+](=O)[O-]. The minimum atomic E-state index is -0.938. The number of hydrogen-bond donors (Lipinski definition) is 1. The van der Waals surface area contributed by atoms with Crippen molar-refractivity contribution in [2.45, 2.75) is 51.8 Å². The summed E-state index contributed by atoms with van der Waals surface area (Å²) in [6, 6.07) is 11.9. The van der Waals surface area contributed by atoms with Crippen LogP contribution in [0.3, 0.4) is 0 Å². The van der Waals surface area contributed by atoms with E-state index in [4.69, 9.17) is 4.74 Å². The van der Waals surface area contributed by atoms with Crippen LogP contribution in [-0.4, -0.2) is 40.3 Å². The van der Waals surface area contributed by atoms with Crippen molar-refractivity contribution in [3.8, 4) is 0 Å². The van der Waals surface area contributed by atoms with E-state index < -0.39 is 22.8 Å². The van der Waals surface area contributed by atoms with Gasteiger partial charge in [0.05, 0.1) is 29.1 Å². The lowest BCUT2D eigenvalue weighted by Gasteiger charge is -2.20. The van der Waals surface area contributed by atoms with E-state index in [0.717, 1.165) is 18.5 Å². The maximum absolute atomic E-state index is 12.9. The average molecular weight is 453 g/mol. The molecule has 3 rings (SSSR count). The molecule has 2 amide bonds. The molecule has 2 aromatic rings. The van der Waals surface area contributed by atoms with Gasteiger partial charge in [-0.3, -0.25) is 24.5 Å². The number of hydrogen-bond acceptors (Lipinski definition) is 6. The third-order valence-electron chi connectivity index (χ3n) is 5.31. The van der Waals surface area contributed by atoms with Gasteiger partial charge in [-0.05, 0) is 38.0 Å². The van der Waals surface area contributed by atoms with Crippen LogP contribution in [0.4, 0.5) is 5.69 Å². The number of amides is 2. The average Bonchev–Trinajstić information content (AvgIpc) is 3.17. The second-order valence-corrected chi connectivity index (χ2v) is 8.20. The van der Waals surface area contributed by atoms with Crippen LogP contribution in [0.1, 0.15) is 60.6 Å². The molecule has 0 saturated carbocycles. The molecule has 9 heteroatoms.